The van der Waals surface area contributed by atoms with E-state index in [2.05, 4.69) is 58.7 Å². The molecule has 5 aliphatic rings. The fourth-order valence-corrected chi connectivity index (χ4v) is 9.37. The maximum absolute atomic E-state index is 13.4. The van der Waals surface area contributed by atoms with Gasteiger partial charge in [-0.05, 0) is 96.2 Å². The predicted octanol–water partition coefficient (Wildman–Crippen LogP) is 6.19. The van der Waals surface area contributed by atoms with Gasteiger partial charge in [-0.1, -0.05) is 60.7 Å². The van der Waals surface area contributed by atoms with Gasteiger partial charge in [0.25, 0.3) is 5.91 Å². The Morgan fingerprint density at radius 2 is 1.35 bits per heavy atom. The molecule has 3 heterocycles. The van der Waals surface area contributed by atoms with Gasteiger partial charge in [0.15, 0.2) is 0 Å². The number of fused-ring (bicyclic) bond motifs is 3. The van der Waals surface area contributed by atoms with Crippen LogP contribution < -0.4 is 5.32 Å². The van der Waals surface area contributed by atoms with E-state index in [0.717, 1.165) is 51.1 Å². The molecule has 51 heavy (non-hydrogen) atoms. The lowest BCUT2D eigenvalue weighted by atomic mass is 9.65. The van der Waals surface area contributed by atoms with Gasteiger partial charge in [-0.2, -0.15) is 0 Å². The van der Waals surface area contributed by atoms with Gasteiger partial charge >= 0.3 is 6.09 Å². The number of piperazine rings is 1. The summed E-state index contributed by atoms with van der Waals surface area (Å²) in [5, 5.41) is 2.42. The molecule has 0 radical (unpaired) electrons. The zero-order valence-corrected chi connectivity index (χ0v) is 29.4. The Labute approximate surface area is 300 Å². The normalized spacial score (nSPS) is 22.4. The minimum absolute atomic E-state index is 0.0607. The average molecular weight is 689 g/mol. The summed E-state index contributed by atoms with van der Waals surface area (Å²) in [4.78, 5) is 56.6. The monoisotopic (exact) mass is 688 g/mol. The van der Waals surface area contributed by atoms with Gasteiger partial charge < -0.3 is 14.5 Å². The van der Waals surface area contributed by atoms with Crippen LogP contribution in [0, 0.1) is 11.3 Å². The molecule has 3 saturated heterocycles. The van der Waals surface area contributed by atoms with Crippen LogP contribution in [-0.2, 0) is 14.3 Å². The highest BCUT2D eigenvalue weighted by molar-refractivity contribution is 6.01. The molecule has 0 aromatic heterocycles. The van der Waals surface area contributed by atoms with Crippen LogP contribution >= 0.6 is 0 Å². The van der Waals surface area contributed by atoms with Crippen molar-refractivity contribution in [2.45, 2.75) is 63.2 Å². The van der Waals surface area contributed by atoms with Gasteiger partial charge in [0.1, 0.15) is 6.61 Å². The largest absolute Gasteiger partial charge is 0.448 e. The lowest BCUT2D eigenvalue weighted by Gasteiger charge is -2.47. The molecule has 3 aliphatic heterocycles. The number of piperidine rings is 2. The topological polar surface area (TPSA) is 99.3 Å². The van der Waals surface area contributed by atoms with E-state index in [-0.39, 0.29) is 35.7 Å². The Morgan fingerprint density at radius 1 is 0.725 bits per heavy atom. The molecule has 4 amide bonds. The molecule has 3 aromatic rings. The number of hydrogen-bond donors (Lipinski definition) is 1. The maximum atomic E-state index is 13.4. The first-order chi connectivity index (χ1) is 24.9. The van der Waals surface area contributed by atoms with Gasteiger partial charge in [-0.25, -0.2) is 4.79 Å². The third kappa shape index (κ3) is 6.93. The maximum Gasteiger partial charge on any atom is 0.409 e. The number of nitrogens with one attached hydrogen (secondary N) is 1. The van der Waals surface area contributed by atoms with Crippen molar-refractivity contribution < 1.29 is 23.9 Å². The second-order valence-electron chi connectivity index (χ2n) is 15.5. The molecule has 1 atom stereocenters. The fraction of sp³-hybridized carbons (Fsp3) is 0.476. The van der Waals surface area contributed by atoms with E-state index in [9.17, 15) is 19.2 Å². The Morgan fingerprint density at radius 3 is 1.98 bits per heavy atom. The van der Waals surface area contributed by atoms with Gasteiger partial charge in [0.05, 0.1) is 5.92 Å². The summed E-state index contributed by atoms with van der Waals surface area (Å²) < 4.78 is 5.93. The summed E-state index contributed by atoms with van der Waals surface area (Å²) in [5.41, 5.74) is 6.80. The molecule has 1 N–H and O–H groups in total. The summed E-state index contributed by atoms with van der Waals surface area (Å²) in [6.45, 7) is 6.21. The molecule has 1 spiro atoms. The van der Waals surface area contributed by atoms with E-state index in [0.29, 0.717) is 49.4 Å². The zero-order valence-electron chi connectivity index (χ0n) is 29.4. The molecule has 8 rings (SSSR count). The predicted molar refractivity (Wildman–Crippen MR) is 194 cm³/mol. The summed E-state index contributed by atoms with van der Waals surface area (Å²) in [7, 11) is 0. The van der Waals surface area contributed by atoms with E-state index >= 15 is 0 Å². The number of amides is 4. The number of carbonyl (C=O) groups excluding carboxylic acids is 4. The van der Waals surface area contributed by atoms with Gasteiger partial charge in [-0.15, -0.1) is 0 Å². The first kappa shape index (κ1) is 33.6. The standard InChI is InChI=1S/C42H48N4O5/c47-38-14-13-32(39(48)43-38)30-9-11-31(12-10-30)40(49)45-21-19-42(20-22-45)17-15-29(16-18-42)27-44-23-25-46(26-24-44)41(50)51-28-37-35-7-3-1-5-33(35)34-6-2-4-8-36(34)37/h1-12,29,32,37H,13-28H2,(H,43,47,48). The number of hydrogen-bond acceptors (Lipinski definition) is 6. The van der Waals surface area contributed by atoms with Crippen molar-refractivity contribution >= 4 is 23.8 Å². The van der Waals surface area contributed by atoms with Crippen molar-refractivity contribution in [2.24, 2.45) is 11.3 Å². The Bertz CT molecular complexity index is 1740. The summed E-state index contributed by atoms with van der Waals surface area (Å²) in [6.07, 6.45) is 7.65. The molecule has 1 saturated carbocycles. The number of likely N-dealkylation sites (tertiary alicyclic amines) is 1. The Kier molecular flexibility index (Phi) is 9.40. The number of rotatable bonds is 6. The first-order valence-corrected chi connectivity index (χ1v) is 18.9. The molecule has 9 heteroatoms. The minimum atomic E-state index is -0.337. The van der Waals surface area contributed by atoms with E-state index in [1.54, 1.807) is 0 Å². The number of carbonyl (C=O) groups is 4. The van der Waals surface area contributed by atoms with Crippen LogP contribution in [0.1, 0.15) is 90.3 Å². The minimum Gasteiger partial charge on any atom is -0.448 e. The third-order valence-corrected chi connectivity index (χ3v) is 12.6. The van der Waals surface area contributed by atoms with E-state index in [1.807, 2.05) is 34.1 Å². The number of benzene rings is 3. The van der Waals surface area contributed by atoms with Crippen molar-refractivity contribution in [1.29, 1.82) is 0 Å². The Hall–Kier alpha value is -4.50. The molecule has 4 fully saturated rings. The quantitative estimate of drug-likeness (QED) is 0.311. The van der Waals surface area contributed by atoms with Gasteiger partial charge in [0, 0.05) is 63.7 Å². The molecule has 2 aliphatic carbocycles. The number of ether oxygens (including phenoxy) is 1. The molecular weight excluding hydrogens is 640 g/mol. The van der Waals surface area contributed by atoms with Gasteiger partial charge in [-0.3, -0.25) is 24.6 Å². The van der Waals surface area contributed by atoms with Gasteiger partial charge in [0.2, 0.25) is 11.8 Å². The first-order valence-electron chi connectivity index (χ1n) is 18.9. The van der Waals surface area contributed by atoms with Crippen LogP contribution in [0.4, 0.5) is 4.79 Å². The van der Waals surface area contributed by atoms with Crippen LogP contribution in [0.3, 0.4) is 0 Å². The van der Waals surface area contributed by atoms with Crippen molar-refractivity contribution in [1.82, 2.24) is 20.0 Å². The SMILES string of the molecule is O=C1CCC(c2ccc(C(=O)N3CCC4(CCC(CN5CCN(C(=O)OCC6c7ccccc7-c7ccccc76)CC5)CC4)CC3)cc2)C(=O)N1. The summed E-state index contributed by atoms with van der Waals surface area (Å²) in [6, 6.07) is 24.3. The van der Waals surface area contributed by atoms with Crippen molar-refractivity contribution in [2.75, 3.05) is 52.4 Å². The van der Waals surface area contributed by atoms with Crippen LogP contribution in [0.25, 0.3) is 11.1 Å². The highest BCUT2D eigenvalue weighted by Crippen LogP contribution is 2.47. The van der Waals surface area contributed by atoms with E-state index in [4.69, 9.17) is 4.74 Å². The number of imide groups is 1. The van der Waals surface area contributed by atoms with Crippen molar-refractivity contribution in [3.63, 3.8) is 0 Å². The number of nitrogens with zero attached hydrogens (tertiary/aromatic N) is 3. The van der Waals surface area contributed by atoms with E-state index in [1.165, 1.54) is 47.9 Å². The lowest BCUT2D eigenvalue weighted by molar-refractivity contribution is -0.134. The zero-order chi connectivity index (χ0) is 35.0. The smallest absolute Gasteiger partial charge is 0.409 e. The second-order valence-corrected chi connectivity index (χ2v) is 15.5. The molecule has 266 valence electrons. The summed E-state index contributed by atoms with van der Waals surface area (Å²) >= 11 is 0. The van der Waals surface area contributed by atoms with Crippen LogP contribution in [-0.4, -0.2) is 90.9 Å². The third-order valence-electron chi connectivity index (χ3n) is 12.6. The molecule has 1 unspecified atom stereocenters. The second kappa shape index (κ2) is 14.3. The molecule has 9 nitrogen and oxygen atoms in total. The summed E-state index contributed by atoms with van der Waals surface area (Å²) in [5.74, 6) is 0.00841. The van der Waals surface area contributed by atoms with E-state index < -0.39 is 0 Å². The van der Waals surface area contributed by atoms with Crippen molar-refractivity contribution in [3.05, 3.63) is 95.1 Å². The van der Waals surface area contributed by atoms with Crippen LogP contribution in [0.15, 0.2) is 72.8 Å². The molecule has 0 bridgehead atoms. The fourth-order valence-electron chi connectivity index (χ4n) is 9.37. The lowest BCUT2D eigenvalue weighted by Crippen LogP contribution is -2.50. The average Bonchev–Trinajstić information content (AvgIpc) is 3.49. The highest BCUT2D eigenvalue weighted by atomic mass is 16.6. The Balaban J connectivity index is 0.755. The van der Waals surface area contributed by atoms with Crippen LogP contribution in [0.2, 0.25) is 0 Å². The van der Waals surface area contributed by atoms with Crippen molar-refractivity contribution in [3.8, 4) is 11.1 Å². The van der Waals surface area contributed by atoms with Crippen LogP contribution in [0.5, 0.6) is 0 Å². The highest BCUT2D eigenvalue weighted by Gasteiger charge is 2.40. The molecular formula is C42H48N4O5. The molecule has 3 aromatic carbocycles.